The zero-order chi connectivity index (χ0) is 14.4. The summed E-state index contributed by atoms with van der Waals surface area (Å²) in [6.07, 6.45) is 2.82. The quantitative estimate of drug-likeness (QED) is 0.850. The summed E-state index contributed by atoms with van der Waals surface area (Å²) in [6, 6.07) is 9.30. The Morgan fingerprint density at radius 1 is 1.30 bits per heavy atom. The van der Waals surface area contributed by atoms with E-state index in [2.05, 4.69) is 26.1 Å². The van der Waals surface area contributed by atoms with Gasteiger partial charge in [-0.2, -0.15) is 5.26 Å². The molecule has 6 nitrogen and oxygen atoms in total. The number of nitrogens with zero attached hydrogens (tertiary/aromatic N) is 3. The van der Waals surface area contributed by atoms with Crippen LogP contribution >= 0.6 is 0 Å². The molecule has 0 saturated heterocycles. The van der Waals surface area contributed by atoms with Gasteiger partial charge in [0.25, 0.3) is 0 Å². The van der Waals surface area contributed by atoms with E-state index in [-0.39, 0.29) is 5.69 Å². The van der Waals surface area contributed by atoms with Crippen LogP contribution in [0.25, 0.3) is 0 Å². The van der Waals surface area contributed by atoms with Crippen molar-refractivity contribution in [2.24, 2.45) is 0 Å². The first-order chi connectivity index (χ1) is 9.72. The molecule has 0 atom stereocenters. The van der Waals surface area contributed by atoms with Crippen molar-refractivity contribution in [2.45, 2.75) is 6.54 Å². The van der Waals surface area contributed by atoms with Gasteiger partial charge in [-0.25, -0.2) is 14.8 Å². The minimum Gasteiger partial charge on any atom is -0.464 e. The van der Waals surface area contributed by atoms with Crippen molar-refractivity contribution in [1.82, 2.24) is 9.97 Å². The molecule has 0 amide bonds. The predicted molar refractivity (Wildman–Crippen MR) is 71.9 cm³/mol. The maximum Gasteiger partial charge on any atom is 0.358 e. The third-order valence-electron chi connectivity index (χ3n) is 2.60. The fourth-order valence-electron chi connectivity index (χ4n) is 1.52. The molecule has 1 heterocycles. The van der Waals surface area contributed by atoms with Crippen molar-refractivity contribution in [2.75, 3.05) is 12.4 Å². The van der Waals surface area contributed by atoms with Gasteiger partial charge in [0.15, 0.2) is 5.69 Å². The van der Waals surface area contributed by atoms with Crippen molar-refractivity contribution in [3.63, 3.8) is 0 Å². The van der Waals surface area contributed by atoms with Gasteiger partial charge in [-0.1, -0.05) is 12.1 Å². The minimum atomic E-state index is -0.517. The number of ether oxygens (including phenoxy) is 1. The van der Waals surface area contributed by atoms with E-state index in [4.69, 9.17) is 5.26 Å². The van der Waals surface area contributed by atoms with Crippen molar-refractivity contribution >= 4 is 11.8 Å². The molecule has 20 heavy (non-hydrogen) atoms. The highest BCUT2D eigenvalue weighted by molar-refractivity contribution is 5.86. The highest BCUT2D eigenvalue weighted by atomic mass is 16.5. The van der Waals surface area contributed by atoms with Crippen LogP contribution in [0.5, 0.6) is 0 Å². The molecule has 1 N–H and O–H groups in total. The molecule has 0 aliphatic rings. The predicted octanol–water partition coefficient (Wildman–Crippen LogP) is 1.75. The first kappa shape index (κ1) is 13.5. The topological polar surface area (TPSA) is 87.9 Å². The number of hydrogen-bond acceptors (Lipinski definition) is 6. The Labute approximate surface area is 116 Å². The van der Waals surface area contributed by atoms with Crippen LogP contribution < -0.4 is 5.32 Å². The van der Waals surface area contributed by atoms with E-state index in [1.807, 2.05) is 12.1 Å². The van der Waals surface area contributed by atoms with Crippen LogP contribution in [0, 0.1) is 11.3 Å². The first-order valence-electron chi connectivity index (χ1n) is 5.86. The van der Waals surface area contributed by atoms with Crippen LogP contribution in [0.4, 0.5) is 5.82 Å². The first-order valence-corrected chi connectivity index (χ1v) is 5.86. The number of anilines is 1. The lowest BCUT2D eigenvalue weighted by Crippen LogP contribution is -2.07. The zero-order valence-corrected chi connectivity index (χ0v) is 10.8. The van der Waals surface area contributed by atoms with E-state index in [0.717, 1.165) is 5.56 Å². The monoisotopic (exact) mass is 268 g/mol. The molecule has 0 saturated carbocycles. The molecule has 0 aliphatic heterocycles. The molecule has 1 aromatic carbocycles. The molecule has 2 aromatic rings. The summed E-state index contributed by atoms with van der Waals surface area (Å²) < 4.78 is 4.54. The molecule has 0 fully saturated rings. The molecule has 2 rings (SSSR count). The fraction of sp³-hybridized carbons (Fsp3) is 0.143. The summed E-state index contributed by atoms with van der Waals surface area (Å²) in [5.74, 6) is 0.0400. The summed E-state index contributed by atoms with van der Waals surface area (Å²) in [4.78, 5) is 19.2. The molecule has 0 spiro atoms. The molecule has 1 aromatic heterocycles. The lowest BCUT2D eigenvalue weighted by atomic mass is 10.1. The molecular formula is C14H12N4O2. The Kier molecular flexibility index (Phi) is 4.24. The number of carbonyl (C=O) groups is 1. The third kappa shape index (κ3) is 3.29. The van der Waals surface area contributed by atoms with Crippen molar-refractivity contribution in [3.8, 4) is 6.07 Å². The molecule has 100 valence electrons. The second kappa shape index (κ2) is 6.29. The number of aromatic nitrogens is 2. The lowest BCUT2D eigenvalue weighted by Gasteiger charge is -2.05. The summed E-state index contributed by atoms with van der Waals surface area (Å²) in [7, 11) is 1.29. The standard InChI is InChI=1S/C14H12N4O2/c1-20-14(19)12-8-18-13(9-16-12)17-7-11-4-2-10(6-15)3-5-11/h2-5,8-9H,7H2,1H3,(H,17,18). The van der Waals surface area contributed by atoms with Gasteiger partial charge >= 0.3 is 5.97 Å². The van der Waals surface area contributed by atoms with Crippen molar-refractivity contribution in [1.29, 1.82) is 5.26 Å². The Morgan fingerprint density at radius 3 is 2.60 bits per heavy atom. The van der Waals surface area contributed by atoms with Crippen LogP contribution in [0.1, 0.15) is 21.6 Å². The molecule has 6 heteroatoms. The van der Waals surface area contributed by atoms with Gasteiger partial charge in [0, 0.05) is 6.54 Å². The second-order valence-electron chi connectivity index (χ2n) is 3.94. The zero-order valence-electron chi connectivity index (χ0n) is 10.8. The average molecular weight is 268 g/mol. The minimum absolute atomic E-state index is 0.163. The lowest BCUT2D eigenvalue weighted by molar-refractivity contribution is 0.0593. The summed E-state index contributed by atoms with van der Waals surface area (Å²) in [5, 5.41) is 11.8. The van der Waals surface area contributed by atoms with Crippen LogP contribution in [0.15, 0.2) is 36.7 Å². The van der Waals surface area contributed by atoms with Gasteiger partial charge in [0.05, 0.1) is 31.1 Å². The van der Waals surface area contributed by atoms with Crippen LogP contribution in [0.2, 0.25) is 0 Å². The fourth-order valence-corrected chi connectivity index (χ4v) is 1.52. The number of methoxy groups -OCH3 is 1. The van der Waals surface area contributed by atoms with Gasteiger partial charge in [-0.3, -0.25) is 0 Å². The van der Waals surface area contributed by atoms with Gasteiger partial charge in [0.2, 0.25) is 0 Å². The number of carbonyl (C=O) groups excluding carboxylic acids is 1. The SMILES string of the molecule is COC(=O)c1cnc(NCc2ccc(C#N)cc2)cn1. The van der Waals surface area contributed by atoms with Crippen LogP contribution in [-0.2, 0) is 11.3 Å². The smallest absolute Gasteiger partial charge is 0.358 e. The number of nitrogens with one attached hydrogen (secondary N) is 1. The van der Waals surface area contributed by atoms with Gasteiger partial charge < -0.3 is 10.1 Å². The van der Waals surface area contributed by atoms with E-state index < -0.39 is 5.97 Å². The Bertz CT molecular complexity index is 630. The highest BCUT2D eigenvalue weighted by Gasteiger charge is 2.07. The summed E-state index contributed by atoms with van der Waals surface area (Å²) in [6.45, 7) is 0.554. The Hall–Kier alpha value is -2.94. The van der Waals surface area contributed by atoms with Gasteiger partial charge in [-0.15, -0.1) is 0 Å². The van der Waals surface area contributed by atoms with Crippen molar-refractivity contribution in [3.05, 3.63) is 53.5 Å². The normalized spacial score (nSPS) is 9.60. The summed E-state index contributed by atoms with van der Waals surface area (Å²) in [5.41, 5.74) is 1.80. The Morgan fingerprint density at radius 2 is 2.05 bits per heavy atom. The van der Waals surface area contributed by atoms with Gasteiger partial charge in [-0.05, 0) is 17.7 Å². The number of benzene rings is 1. The Balaban J connectivity index is 1.96. The largest absolute Gasteiger partial charge is 0.464 e. The maximum atomic E-state index is 11.2. The number of hydrogen-bond donors (Lipinski definition) is 1. The third-order valence-corrected chi connectivity index (χ3v) is 2.60. The number of nitriles is 1. The molecule has 0 radical (unpaired) electrons. The van der Waals surface area contributed by atoms with Crippen LogP contribution in [-0.4, -0.2) is 23.0 Å². The summed E-state index contributed by atoms with van der Waals surface area (Å²) >= 11 is 0. The maximum absolute atomic E-state index is 11.2. The van der Waals surface area contributed by atoms with Gasteiger partial charge in [0.1, 0.15) is 5.82 Å². The van der Waals surface area contributed by atoms with E-state index in [1.54, 1.807) is 12.1 Å². The van der Waals surface area contributed by atoms with Crippen LogP contribution in [0.3, 0.4) is 0 Å². The highest BCUT2D eigenvalue weighted by Crippen LogP contribution is 2.07. The molecule has 0 unspecified atom stereocenters. The molecular weight excluding hydrogens is 256 g/mol. The van der Waals surface area contributed by atoms with E-state index >= 15 is 0 Å². The number of rotatable bonds is 4. The van der Waals surface area contributed by atoms with Crippen molar-refractivity contribution < 1.29 is 9.53 Å². The number of esters is 1. The van der Waals surface area contributed by atoms with E-state index in [9.17, 15) is 4.79 Å². The molecule has 0 aliphatic carbocycles. The van der Waals surface area contributed by atoms with E-state index in [1.165, 1.54) is 19.5 Å². The molecule has 0 bridgehead atoms. The second-order valence-corrected chi connectivity index (χ2v) is 3.94. The average Bonchev–Trinajstić information content (AvgIpc) is 2.53. The van der Waals surface area contributed by atoms with E-state index in [0.29, 0.717) is 17.9 Å².